The van der Waals surface area contributed by atoms with Gasteiger partial charge in [0.1, 0.15) is 29.4 Å². The first-order chi connectivity index (χ1) is 25.0. The van der Waals surface area contributed by atoms with Gasteiger partial charge in [0, 0.05) is 48.4 Å². The molecule has 6 rings (SSSR count). The Morgan fingerprint density at radius 1 is 1.17 bits per heavy atom. The van der Waals surface area contributed by atoms with E-state index in [0.717, 1.165) is 29.8 Å². The summed E-state index contributed by atoms with van der Waals surface area (Å²) in [5.74, 6) is -4.45. The van der Waals surface area contributed by atoms with Gasteiger partial charge in [-0.05, 0) is 26.0 Å². The maximum Gasteiger partial charge on any atom is 0.355 e. The number of aromatic nitrogens is 1. The van der Waals surface area contributed by atoms with Crippen LogP contribution in [0.25, 0.3) is 0 Å². The summed E-state index contributed by atoms with van der Waals surface area (Å²) < 4.78 is 5.75. The van der Waals surface area contributed by atoms with Gasteiger partial charge < -0.3 is 45.7 Å². The molecule has 0 radical (unpaired) electrons. The fourth-order valence-corrected chi connectivity index (χ4v) is 9.55. The lowest BCUT2D eigenvalue weighted by atomic mass is 9.92. The van der Waals surface area contributed by atoms with E-state index in [1.54, 1.807) is 0 Å². The smallest absolute Gasteiger partial charge is 0.355 e. The van der Waals surface area contributed by atoms with E-state index in [9.17, 15) is 39.3 Å². The number of aliphatic carboxylic acids is 1. The predicted molar refractivity (Wildman–Crippen MR) is 193 cm³/mol. The van der Waals surface area contributed by atoms with Gasteiger partial charge in [0.05, 0.1) is 36.8 Å². The molecule has 284 valence electrons. The average Bonchev–Trinajstić information content (AvgIpc) is 3.57. The second-order valence-electron chi connectivity index (χ2n) is 14.0. The highest BCUT2D eigenvalue weighted by molar-refractivity contribution is 8.00. The number of carbonyl (C=O) groups is 5. The number of nitrogens with two attached hydrogens (primary N) is 1. The van der Waals surface area contributed by atoms with Crippen molar-refractivity contribution in [3.63, 3.8) is 0 Å². The number of nitrogens with one attached hydrogen (secondary N) is 2. The van der Waals surface area contributed by atoms with Gasteiger partial charge in [-0.1, -0.05) is 16.8 Å². The fraction of sp³-hybridized carbons (Fsp3) is 0.485. The van der Waals surface area contributed by atoms with Crippen molar-refractivity contribution in [2.75, 3.05) is 32.2 Å². The minimum atomic E-state index is -1.78. The first-order valence-electron chi connectivity index (χ1n) is 16.6. The Hall–Kier alpha value is -4.59. The summed E-state index contributed by atoms with van der Waals surface area (Å²) in [6, 6.07) is 1.59. The SMILES string of the molecule is COC(=O)C1=C(C[N+]2(C)[C@@H]3CC[C@H]2CC(NC(=O)c2ccc(O)c(O)c2Cl)C3)CS[C@@H]2[C@H](NC(=O)/C(=N\OC(C)(C)C(=O)O)c3csc(N)n3)C(=O)N12. The zero-order valence-corrected chi connectivity index (χ0v) is 31.5. The number of phenols is 2. The maximum absolute atomic E-state index is 13.7. The topological polar surface area (TPSA) is 243 Å². The molecule has 4 aliphatic rings. The van der Waals surface area contributed by atoms with Crippen LogP contribution in [0, 0.1) is 0 Å². The van der Waals surface area contributed by atoms with E-state index in [-0.39, 0.29) is 50.9 Å². The number of hydrogen-bond donors (Lipinski definition) is 6. The minimum Gasteiger partial charge on any atom is -0.504 e. The molecule has 3 saturated heterocycles. The number of amides is 3. The second-order valence-corrected chi connectivity index (χ2v) is 16.4. The number of piperidine rings is 1. The number of esters is 1. The summed E-state index contributed by atoms with van der Waals surface area (Å²) in [5, 5.41) is 39.3. The number of benzene rings is 1. The molecule has 0 spiro atoms. The number of halogens is 1. The summed E-state index contributed by atoms with van der Waals surface area (Å²) in [5.41, 5.74) is 4.56. The first-order valence-corrected chi connectivity index (χ1v) is 18.9. The van der Waals surface area contributed by atoms with E-state index in [4.69, 9.17) is 26.9 Å². The van der Waals surface area contributed by atoms with E-state index < -0.39 is 58.2 Å². The molecule has 5 heterocycles. The van der Waals surface area contributed by atoms with Crippen LogP contribution in [0.3, 0.4) is 0 Å². The Labute approximate surface area is 316 Å². The van der Waals surface area contributed by atoms with Crippen LogP contribution in [0.1, 0.15) is 55.6 Å². The monoisotopic (exact) mass is 792 g/mol. The third-order valence-electron chi connectivity index (χ3n) is 10.4. The Morgan fingerprint density at radius 3 is 2.45 bits per heavy atom. The number of quaternary nitrogens is 1. The van der Waals surface area contributed by atoms with Gasteiger partial charge in [0.15, 0.2) is 22.3 Å². The summed E-state index contributed by atoms with van der Waals surface area (Å²) in [6.07, 6.45) is 3.08. The third-order valence-corrected chi connectivity index (χ3v) is 12.8. The second kappa shape index (κ2) is 14.3. The number of ether oxygens (including phenoxy) is 1. The lowest BCUT2D eigenvalue weighted by Gasteiger charge is -2.52. The predicted octanol–water partition coefficient (Wildman–Crippen LogP) is 1.77. The fourth-order valence-electron chi connectivity index (χ4n) is 7.42. The normalized spacial score (nSPS) is 26.7. The number of carbonyl (C=O) groups excluding carboxylic acids is 4. The number of carboxylic acid groups (broad SMARTS) is 1. The van der Waals surface area contributed by atoms with Gasteiger partial charge in [-0.25, -0.2) is 14.6 Å². The van der Waals surface area contributed by atoms with Crippen molar-refractivity contribution in [2.45, 2.75) is 74.7 Å². The van der Waals surface area contributed by atoms with Crippen molar-refractivity contribution >= 4 is 75.2 Å². The van der Waals surface area contributed by atoms with Gasteiger partial charge in [0.2, 0.25) is 5.60 Å². The molecular weight excluding hydrogens is 754 g/mol. The van der Waals surface area contributed by atoms with E-state index in [1.807, 2.05) is 0 Å². The van der Waals surface area contributed by atoms with Crippen LogP contribution in [-0.4, -0.2) is 127 Å². The maximum atomic E-state index is 13.7. The number of methoxy groups -OCH3 is 1. The van der Waals surface area contributed by atoms with E-state index in [2.05, 4.69) is 27.8 Å². The van der Waals surface area contributed by atoms with Crippen molar-refractivity contribution in [1.29, 1.82) is 0 Å². The van der Waals surface area contributed by atoms with E-state index in [0.29, 0.717) is 29.6 Å². The standard InChI is InChI=1S/C33H38ClN7O10S2/c1-33(2,31(48)49)51-39-22(19-13-53-32(35)37-19)27(45)38-23-28(46)40-24(30(47)50-4)14(12-52-29(23)40)11-41(3)16-5-6-17(41)10-15(9-16)36-26(44)18-7-8-20(42)25(43)21(18)34/h7-8,13,15-17,23,29H,5-6,9-12H2,1-4H3,(H6-,35,36,37,38,39,42,43,44,45,48,49)/p+1/t15?,16-,17+,23-,29-,41?/m1/s1. The molecule has 7 N–H and O–H groups in total. The highest BCUT2D eigenvalue weighted by atomic mass is 35.5. The number of fused-ring (bicyclic) bond motifs is 3. The van der Waals surface area contributed by atoms with Gasteiger partial charge in [-0.2, -0.15) is 0 Å². The number of nitrogens with zero attached hydrogens (tertiary/aromatic N) is 4. The zero-order chi connectivity index (χ0) is 38.6. The van der Waals surface area contributed by atoms with Crippen molar-refractivity contribution in [3.05, 3.63) is 45.1 Å². The molecule has 0 aliphatic carbocycles. The zero-order valence-electron chi connectivity index (χ0n) is 29.1. The minimum absolute atomic E-state index is 0.0296. The Morgan fingerprint density at radius 2 is 1.85 bits per heavy atom. The first kappa shape index (κ1) is 38.1. The average molecular weight is 793 g/mol. The molecule has 4 aliphatic heterocycles. The van der Waals surface area contributed by atoms with Gasteiger partial charge in [-0.3, -0.25) is 19.3 Å². The summed E-state index contributed by atoms with van der Waals surface area (Å²) in [7, 11) is 3.36. The number of aromatic hydroxyl groups is 2. The number of carboxylic acids is 1. The number of thiazole rings is 1. The van der Waals surface area contributed by atoms with Crippen LogP contribution in [0.5, 0.6) is 11.5 Å². The molecule has 20 heteroatoms. The third kappa shape index (κ3) is 6.97. The molecule has 2 unspecified atom stereocenters. The van der Waals surface area contributed by atoms with Crippen LogP contribution in [0.15, 0.2) is 33.9 Å². The molecule has 6 atom stereocenters. The van der Waals surface area contributed by atoms with Crippen LogP contribution < -0.4 is 16.4 Å². The molecule has 3 amide bonds. The number of anilines is 1. The highest BCUT2D eigenvalue weighted by Gasteiger charge is 2.57. The van der Waals surface area contributed by atoms with Crippen LogP contribution in [0.4, 0.5) is 5.13 Å². The van der Waals surface area contributed by atoms with Crippen molar-refractivity contribution in [1.82, 2.24) is 20.5 Å². The van der Waals surface area contributed by atoms with E-state index >= 15 is 0 Å². The molecule has 0 saturated carbocycles. The number of oxime groups is 1. The molecule has 1 aromatic heterocycles. The van der Waals surface area contributed by atoms with Crippen LogP contribution in [0.2, 0.25) is 5.02 Å². The number of β-lactam (4-membered cyclic amide) rings is 1. The number of rotatable bonds is 11. The molecule has 2 aromatic rings. The number of likely N-dealkylation sites (N-methyl/N-ethyl adjacent to an activating group) is 1. The summed E-state index contributed by atoms with van der Waals surface area (Å²) in [4.78, 5) is 75.8. The number of nitrogen functional groups attached to an aromatic ring is 1. The highest BCUT2D eigenvalue weighted by Crippen LogP contribution is 2.46. The Kier molecular flexibility index (Phi) is 10.3. The lowest BCUT2D eigenvalue weighted by molar-refractivity contribution is -0.944. The van der Waals surface area contributed by atoms with Gasteiger partial charge in [-0.15, -0.1) is 23.1 Å². The van der Waals surface area contributed by atoms with Crippen molar-refractivity contribution in [2.24, 2.45) is 5.16 Å². The lowest BCUT2D eigenvalue weighted by Crippen LogP contribution is -2.71. The van der Waals surface area contributed by atoms with Gasteiger partial charge in [0.25, 0.3) is 17.7 Å². The van der Waals surface area contributed by atoms with Crippen molar-refractivity contribution < 1.29 is 53.3 Å². The van der Waals surface area contributed by atoms with Gasteiger partial charge >= 0.3 is 11.9 Å². The van der Waals surface area contributed by atoms with Crippen LogP contribution in [-0.2, 0) is 28.8 Å². The van der Waals surface area contributed by atoms with Crippen molar-refractivity contribution in [3.8, 4) is 11.5 Å². The number of thioether (sulfide) groups is 1. The number of hydrogen-bond acceptors (Lipinski definition) is 14. The molecular formula is C33H39ClN7O10S2+. The molecule has 1 aromatic carbocycles. The summed E-state index contributed by atoms with van der Waals surface area (Å²) >= 11 is 8.55. The Balaban J connectivity index is 1.17. The molecule has 53 heavy (non-hydrogen) atoms. The molecule has 3 fully saturated rings. The summed E-state index contributed by atoms with van der Waals surface area (Å²) in [6.45, 7) is 2.97. The quantitative estimate of drug-likeness (QED) is 0.0475. The largest absolute Gasteiger partial charge is 0.504 e. The Bertz CT molecular complexity index is 1940. The molecule has 17 nitrogen and oxygen atoms in total. The molecule has 2 bridgehead atoms. The van der Waals surface area contributed by atoms with Crippen LogP contribution >= 0.6 is 34.7 Å². The number of phenolic OH excluding ortho intramolecular Hbond substituents is 2. The van der Waals surface area contributed by atoms with E-state index in [1.165, 1.54) is 55.1 Å².